The Bertz CT molecular complexity index is 777. The SMILES string of the molecule is O=C(COc1cccc(Cl)c1)O[C@H](C(=O)N1CCOCC1)c1ccccc1. The molecule has 1 amide bonds. The Labute approximate surface area is 162 Å². The maximum absolute atomic E-state index is 12.9. The van der Waals surface area contributed by atoms with Crippen molar-refractivity contribution in [2.75, 3.05) is 32.9 Å². The average molecular weight is 390 g/mol. The Kier molecular flexibility index (Phi) is 6.68. The third-order valence-electron chi connectivity index (χ3n) is 4.05. The predicted octanol–water partition coefficient (Wildman–Crippen LogP) is 2.86. The highest BCUT2D eigenvalue weighted by Crippen LogP contribution is 2.22. The largest absolute Gasteiger partial charge is 0.482 e. The topological polar surface area (TPSA) is 65.1 Å². The van der Waals surface area contributed by atoms with Crippen molar-refractivity contribution in [1.29, 1.82) is 0 Å². The van der Waals surface area contributed by atoms with E-state index in [1.807, 2.05) is 6.07 Å². The summed E-state index contributed by atoms with van der Waals surface area (Å²) in [5, 5.41) is 0.505. The van der Waals surface area contributed by atoms with Gasteiger partial charge < -0.3 is 19.1 Å². The molecule has 27 heavy (non-hydrogen) atoms. The fraction of sp³-hybridized carbons (Fsp3) is 0.300. The summed E-state index contributed by atoms with van der Waals surface area (Å²) in [6.07, 6.45) is -1.01. The van der Waals surface area contributed by atoms with E-state index in [1.165, 1.54) is 0 Å². The third kappa shape index (κ3) is 5.45. The minimum atomic E-state index is -1.01. The summed E-state index contributed by atoms with van der Waals surface area (Å²) in [4.78, 5) is 26.8. The van der Waals surface area contributed by atoms with Gasteiger partial charge >= 0.3 is 5.97 Å². The smallest absolute Gasteiger partial charge is 0.345 e. The molecule has 0 bridgehead atoms. The highest BCUT2D eigenvalue weighted by molar-refractivity contribution is 6.30. The lowest BCUT2D eigenvalue weighted by molar-refractivity contribution is -0.164. The van der Waals surface area contributed by atoms with Gasteiger partial charge in [-0.05, 0) is 18.2 Å². The van der Waals surface area contributed by atoms with Gasteiger partial charge in [0.1, 0.15) is 5.75 Å². The Hall–Kier alpha value is -2.57. The van der Waals surface area contributed by atoms with Crippen molar-refractivity contribution in [3.05, 3.63) is 65.2 Å². The number of ether oxygens (including phenoxy) is 3. The first kappa shape index (κ1) is 19.2. The molecule has 1 fully saturated rings. The molecule has 142 valence electrons. The van der Waals surface area contributed by atoms with Crippen LogP contribution in [0, 0.1) is 0 Å². The zero-order valence-corrected chi connectivity index (χ0v) is 15.4. The van der Waals surface area contributed by atoms with Gasteiger partial charge in [0.05, 0.1) is 13.2 Å². The Balaban J connectivity index is 1.67. The van der Waals surface area contributed by atoms with E-state index in [0.717, 1.165) is 0 Å². The number of carbonyl (C=O) groups excluding carboxylic acids is 2. The molecule has 1 aliphatic rings. The van der Waals surface area contributed by atoms with Crippen LogP contribution in [-0.4, -0.2) is 49.7 Å². The summed E-state index contributed by atoms with van der Waals surface area (Å²) in [6, 6.07) is 15.7. The molecular weight excluding hydrogens is 370 g/mol. The van der Waals surface area contributed by atoms with Gasteiger partial charge in [0.2, 0.25) is 6.10 Å². The molecule has 2 aromatic carbocycles. The van der Waals surface area contributed by atoms with Crippen molar-refractivity contribution in [2.45, 2.75) is 6.10 Å². The quantitative estimate of drug-likeness (QED) is 0.711. The van der Waals surface area contributed by atoms with Crippen LogP contribution in [0.15, 0.2) is 54.6 Å². The number of nitrogens with zero attached hydrogens (tertiary/aromatic N) is 1. The van der Waals surface area contributed by atoms with E-state index in [4.69, 9.17) is 25.8 Å². The molecule has 7 heteroatoms. The molecule has 0 spiro atoms. The van der Waals surface area contributed by atoms with Crippen molar-refractivity contribution >= 4 is 23.5 Å². The summed E-state index contributed by atoms with van der Waals surface area (Å²) >= 11 is 5.90. The number of rotatable bonds is 6. The van der Waals surface area contributed by atoms with Gasteiger partial charge in [-0.3, -0.25) is 4.79 Å². The van der Waals surface area contributed by atoms with Gasteiger partial charge in [-0.1, -0.05) is 48.0 Å². The number of benzene rings is 2. The second kappa shape index (κ2) is 9.39. The standard InChI is InChI=1S/C20H20ClNO5/c21-16-7-4-8-17(13-16)26-14-18(23)27-19(15-5-2-1-3-6-15)20(24)22-9-11-25-12-10-22/h1-8,13,19H,9-12,14H2/t19-/m0/s1. The minimum absolute atomic E-state index is 0.263. The number of morpholine rings is 1. The number of hydrogen-bond acceptors (Lipinski definition) is 5. The first-order valence-electron chi connectivity index (χ1n) is 8.63. The lowest BCUT2D eigenvalue weighted by Crippen LogP contribution is -2.44. The molecule has 0 saturated carbocycles. The zero-order chi connectivity index (χ0) is 19.1. The molecule has 2 aromatic rings. The van der Waals surface area contributed by atoms with Crippen LogP contribution in [0.25, 0.3) is 0 Å². The summed E-state index contributed by atoms with van der Waals surface area (Å²) < 4.78 is 16.2. The predicted molar refractivity (Wildman–Crippen MR) is 99.6 cm³/mol. The second-order valence-electron chi connectivity index (χ2n) is 5.96. The Morgan fingerprint density at radius 3 is 2.52 bits per heavy atom. The van der Waals surface area contributed by atoms with Crippen molar-refractivity contribution in [2.24, 2.45) is 0 Å². The maximum Gasteiger partial charge on any atom is 0.345 e. The molecule has 1 atom stereocenters. The molecule has 0 N–H and O–H groups in total. The first-order chi connectivity index (χ1) is 13.1. The molecule has 0 aromatic heterocycles. The highest BCUT2D eigenvalue weighted by atomic mass is 35.5. The maximum atomic E-state index is 12.9. The van der Waals surface area contributed by atoms with Crippen molar-refractivity contribution in [3.63, 3.8) is 0 Å². The van der Waals surface area contributed by atoms with Crippen LogP contribution in [-0.2, 0) is 19.1 Å². The third-order valence-corrected chi connectivity index (χ3v) is 4.29. The Morgan fingerprint density at radius 2 is 1.81 bits per heavy atom. The van der Waals surface area contributed by atoms with E-state index in [-0.39, 0.29) is 12.5 Å². The summed E-state index contributed by atoms with van der Waals surface area (Å²) in [5.41, 5.74) is 0.616. The number of hydrogen-bond donors (Lipinski definition) is 0. The Morgan fingerprint density at radius 1 is 1.07 bits per heavy atom. The molecule has 1 heterocycles. The van der Waals surface area contributed by atoms with Gasteiger partial charge in [0.15, 0.2) is 6.61 Å². The number of esters is 1. The van der Waals surface area contributed by atoms with Crippen molar-refractivity contribution < 1.29 is 23.8 Å². The van der Waals surface area contributed by atoms with Crippen LogP contribution >= 0.6 is 11.6 Å². The lowest BCUT2D eigenvalue weighted by Gasteiger charge is -2.30. The molecule has 0 unspecified atom stereocenters. The summed E-state index contributed by atoms with van der Waals surface area (Å²) in [7, 11) is 0. The number of carbonyl (C=O) groups is 2. The van der Waals surface area contributed by atoms with E-state index in [2.05, 4.69) is 0 Å². The summed E-state index contributed by atoms with van der Waals surface area (Å²) in [6.45, 7) is 1.57. The number of halogens is 1. The zero-order valence-electron chi connectivity index (χ0n) is 14.7. The fourth-order valence-electron chi connectivity index (χ4n) is 2.70. The molecular formula is C20H20ClNO5. The average Bonchev–Trinajstić information content (AvgIpc) is 2.71. The molecule has 0 radical (unpaired) electrons. The van der Waals surface area contributed by atoms with E-state index < -0.39 is 12.1 Å². The van der Waals surface area contributed by atoms with E-state index >= 15 is 0 Å². The minimum Gasteiger partial charge on any atom is -0.482 e. The fourth-order valence-corrected chi connectivity index (χ4v) is 2.88. The van der Waals surface area contributed by atoms with Crippen LogP contribution in [0.2, 0.25) is 5.02 Å². The van der Waals surface area contributed by atoms with Crippen LogP contribution in [0.4, 0.5) is 0 Å². The van der Waals surface area contributed by atoms with Crippen LogP contribution in [0.3, 0.4) is 0 Å². The lowest BCUT2D eigenvalue weighted by atomic mass is 10.1. The highest BCUT2D eigenvalue weighted by Gasteiger charge is 2.30. The molecule has 1 aliphatic heterocycles. The van der Waals surface area contributed by atoms with Crippen LogP contribution in [0.5, 0.6) is 5.75 Å². The van der Waals surface area contributed by atoms with Crippen molar-refractivity contribution in [1.82, 2.24) is 4.90 Å². The van der Waals surface area contributed by atoms with Gasteiger partial charge in [-0.25, -0.2) is 4.79 Å². The van der Waals surface area contributed by atoms with Gasteiger partial charge in [0, 0.05) is 23.7 Å². The van der Waals surface area contributed by atoms with E-state index in [0.29, 0.717) is 42.6 Å². The molecule has 3 rings (SSSR count). The number of amides is 1. The van der Waals surface area contributed by atoms with Gasteiger partial charge in [-0.15, -0.1) is 0 Å². The van der Waals surface area contributed by atoms with Gasteiger partial charge in [0.25, 0.3) is 5.91 Å². The van der Waals surface area contributed by atoms with E-state index in [9.17, 15) is 9.59 Å². The molecule has 1 saturated heterocycles. The molecule has 0 aliphatic carbocycles. The van der Waals surface area contributed by atoms with Crippen LogP contribution in [0.1, 0.15) is 11.7 Å². The monoisotopic (exact) mass is 389 g/mol. The van der Waals surface area contributed by atoms with Crippen molar-refractivity contribution in [3.8, 4) is 5.75 Å². The second-order valence-corrected chi connectivity index (χ2v) is 6.40. The van der Waals surface area contributed by atoms with Crippen LogP contribution < -0.4 is 4.74 Å². The van der Waals surface area contributed by atoms with Gasteiger partial charge in [-0.2, -0.15) is 0 Å². The van der Waals surface area contributed by atoms with E-state index in [1.54, 1.807) is 53.4 Å². The normalized spacial score (nSPS) is 15.1. The summed E-state index contributed by atoms with van der Waals surface area (Å²) in [5.74, 6) is -0.443. The first-order valence-corrected chi connectivity index (χ1v) is 9.00. The molecule has 6 nitrogen and oxygen atoms in total.